The average molecular weight is 493 g/mol. The van der Waals surface area contributed by atoms with Crippen molar-refractivity contribution in [3.63, 3.8) is 0 Å². The van der Waals surface area contributed by atoms with Gasteiger partial charge in [-0.25, -0.2) is 10.2 Å². The Morgan fingerprint density at radius 1 is 1.00 bits per heavy atom. The highest BCUT2D eigenvalue weighted by molar-refractivity contribution is 9.10. The summed E-state index contributed by atoms with van der Waals surface area (Å²) in [7, 11) is 0. The molecule has 0 bridgehead atoms. The summed E-state index contributed by atoms with van der Waals surface area (Å²) < 4.78 is 11.7. The lowest BCUT2D eigenvalue weighted by Crippen LogP contribution is -2.24. The maximum absolute atomic E-state index is 12.2. The molecule has 0 aliphatic rings. The second kappa shape index (κ2) is 11.6. The van der Waals surface area contributed by atoms with E-state index >= 15 is 0 Å². The van der Waals surface area contributed by atoms with Crippen LogP contribution in [0.5, 0.6) is 11.5 Å². The second-order valence-corrected chi connectivity index (χ2v) is 7.61. The van der Waals surface area contributed by atoms with Crippen LogP contribution in [-0.4, -0.2) is 24.7 Å². The Bertz CT molecular complexity index is 1140. The highest BCUT2D eigenvalue weighted by Crippen LogP contribution is 2.22. The molecule has 1 amide bonds. The van der Waals surface area contributed by atoms with Crippen molar-refractivity contribution in [2.24, 2.45) is 5.10 Å². The lowest BCUT2D eigenvalue weighted by atomic mass is 10.2. The van der Waals surface area contributed by atoms with Crippen LogP contribution in [0.15, 0.2) is 88.4 Å². The lowest BCUT2D eigenvalue weighted by Gasteiger charge is -2.08. The van der Waals surface area contributed by atoms with Gasteiger partial charge in [-0.15, -0.1) is 0 Å². The zero-order valence-corrected chi connectivity index (χ0v) is 18.9. The van der Waals surface area contributed by atoms with Crippen molar-refractivity contribution < 1.29 is 19.1 Å². The molecule has 3 aromatic carbocycles. The molecule has 6 nitrogen and oxygen atoms in total. The minimum Gasteiger partial charge on any atom is -0.483 e. The van der Waals surface area contributed by atoms with Gasteiger partial charge in [-0.1, -0.05) is 64.5 Å². The van der Waals surface area contributed by atoms with Crippen LogP contribution in [0.3, 0.4) is 0 Å². The van der Waals surface area contributed by atoms with Crippen molar-refractivity contribution >= 4 is 40.1 Å². The van der Waals surface area contributed by atoms with Crippen molar-refractivity contribution in [3.05, 3.63) is 100 Å². The van der Waals surface area contributed by atoms with Crippen molar-refractivity contribution in [2.75, 3.05) is 6.61 Å². The van der Waals surface area contributed by atoms with E-state index in [4.69, 9.17) is 9.47 Å². The Morgan fingerprint density at radius 2 is 1.75 bits per heavy atom. The molecule has 0 saturated heterocycles. The maximum atomic E-state index is 12.2. The molecule has 162 valence electrons. The topological polar surface area (TPSA) is 77.0 Å². The molecule has 0 unspecified atom stereocenters. The molecule has 32 heavy (non-hydrogen) atoms. The van der Waals surface area contributed by atoms with Gasteiger partial charge in [-0.05, 0) is 48.4 Å². The number of esters is 1. The van der Waals surface area contributed by atoms with Crippen LogP contribution < -0.4 is 14.9 Å². The third kappa shape index (κ3) is 7.21. The van der Waals surface area contributed by atoms with Gasteiger partial charge >= 0.3 is 5.97 Å². The molecule has 7 heteroatoms. The Kier molecular flexibility index (Phi) is 8.34. The van der Waals surface area contributed by atoms with E-state index in [1.165, 1.54) is 12.3 Å². The van der Waals surface area contributed by atoms with E-state index in [9.17, 15) is 9.59 Å². The molecule has 0 radical (unpaired) electrons. The minimum absolute atomic E-state index is 0.174. The fourth-order valence-corrected chi connectivity index (χ4v) is 3.03. The van der Waals surface area contributed by atoms with E-state index in [0.29, 0.717) is 17.1 Å². The molecule has 0 spiro atoms. The summed E-state index contributed by atoms with van der Waals surface area (Å²) in [6.45, 7) is 1.73. The summed E-state index contributed by atoms with van der Waals surface area (Å²) in [5.41, 5.74) is 4.74. The summed E-state index contributed by atoms with van der Waals surface area (Å²) in [5, 5.41) is 3.94. The summed E-state index contributed by atoms with van der Waals surface area (Å²) in [6, 6.07) is 22.0. The normalized spacial score (nSPS) is 10.9. The number of benzene rings is 3. The Hall–Kier alpha value is -3.71. The molecule has 0 aromatic heterocycles. The third-order valence-corrected chi connectivity index (χ3v) is 4.73. The summed E-state index contributed by atoms with van der Waals surface area (Å²) in [6.07, 6.45) is 4.42. The van der Waals surface area contributed by atoms with E-state index < -0.39 is 11.9 Å². The first-order valence-corrected chi connectivity index (χ1v) is 10.6. The van der Waals surface area contributed by atoms with Crippen LogP contribution in [0.1, 0.15) is 16.7 Å². The standard InChI is InChI=1S/C25H21BrN2O4/c1-18-7-5-6-10-22(18)31-17-24(29)28-27-16-20-15-21(26)12-13-23(20)32-25(30)14-11-19-8-3-2-4-9-19/h2-16H,17H2,1H3,(H,28,29)/b14-11+,27-16+. The first-order valence-electron chi connectivity index (χ1n) is 9.76. The van der Waals surface area contributed by atoms with E-state index in [1.807, 2.05) is 55.5 Å². The highest BCUT2D eigenvalue weighted by atomic mass is 79.9. The van der Waals surface area contributed by atoms with E-state index in [2.05, 4.69) is 26.5 Å². The van der Waals surface area contributed by atoms with Gasteiger partial charge in [0.1, 0.15) is 11.5 Å². The number of hydrogen-bond donors (Lipinski definition) is 1. The molecule has 3 rings (SSSR count). The van der Waals surface area contributed by atoms with Crippen LogP contribution in [0, 0.1) is 6.92 Å². The smallest absolute Gasteiger partial charge is 0.336 e. The van der Waals surface area contributed by atoms with Crippen LogP contribution in [0.4, 0.5) is 0 Å². The number of hydrogen-bond acceptors (Lipinski definition) is 5. The second-order valence-electron chi connectivity index (χ2n) is 6.69. The Morgan fingerprint density at radius 3 is 2.53 bits per heavy atom. The molecule has 0 heterocycles. The first kappa shape index (κ1) is 23.0. The van der Waals surface area contributed by atoms with Gasteiger partial charge in [0.2, 0.25) is 0 Å². The Labute approximate surface area is 194 Å². The molecule has 0 atom stereocenters. The average Bonchev–Trinajstić information content (AvgIpc) is 2.79. The number of rotatable bonds is 8. The quantitative estimate of drug-likeness (QED) is 0.159. The van der Waals surface area contributed by atoms with Crippen molar-refractivity contribution in [1.29, 1.82) is 0 Å². The van der Waals surface area contributed by atoms with Crippen molar-refractivity contribution in [3.8, 4) is 11.5 Å². The predicted molar refractivity (Wildman–Crippen MR) is 128 cm³/mol. The number of para-hydroxylation sites is 1. The molecule has 3 aromatic rings. The van der Waals surface area contributed by atoms with Gasteiger partial charge in [-0.3, -0.25) is 4.79 Å². The number of hydrazone groups is 1. The number of carbonyl (C=O) groups excluding carboxylic acids is 2. The number of amides is 1. The number of nitrogens with one attached hydrogen (secondary N) is 1. The minimum atomic E-state index is -0.526. The largest absolute Gasteiger partial charge is 0.483 e. The Balaban J connectivity index is 1.58. The predicted octanol–water partition coefficient (Wildman–Crippen LogP) is 4.91. The lowest BCUT2D eigenvalue weighted by molar-refractivity contribution is -0.129. The number of carbonyl (C=O) groups is 2. The first-order chi connectivity index (χ1) is 15.5. The van der Waals surface area contributed by atoms with Gasteiger partial charge in [-0.2, -0.15) is 5.10 Å². The molecule has 0 fully saturated rings. The van der Waals surface area contributed by atoms with Gasteiger partial charge in [0, 0.05) is 16.1 Å². The number of halogens is 1. The number of nitrogens with zero attached hydrogens (tertiary/aromatic N) is 1. The van der Waals surface area contributed by atoms with Crippen molar-refractivity contribution in [2.45, 2.75) is 6.92 Å². The molecular weight excluding hydrogens is 472 g/mol. The SMILES string of the molecule is Cc1ccccc1OCC(=O)N/N=C/c1cc(Br)ccc1OC(=O)/C=C/c1ccccc1. The van der Waals surface area contributed by atoms with E-state index in [-0.39, 0.29) is 6.61 Å². The summed E-state index contributed by atoms with van der Waals surface area (Å²) >= 11 is 3.38. The summed E-state index contributed by atoms with van der Waals surface area (Å²) in [5.74, 6) is 0.00628. The molecule has 0 saturated carbocycles. The van der Waals surface area contributed by atoms with E-state index in [0.717, 1.165) is 15.6 Å². The van der Waals surface area contributed by atoms with Crippen LogP contribution >= 0.6 is 15.9 Å². The van der Waals surface area contributed by atoms with Crippen LogP contribution in [-0.2, 0) is 9.59 Å². The molecule has 0 aliphatic heterocycles. The van der Waals surface area contributed by atoms with Gasteiger partial charge in [0.05, 0.1) is 6.21 Å². The van der Waals surface area contributed by atoms with E-state index in [1.54, 1.807) is 30.3 Å². The van der Waals surface area contributed by atoms with Crippen LogP contribution in [0.25, 0.3) is 6.08 Å². The zero-order valence-electron chi connectivity index (χ0n) is 17.3. The molecule has 1 N–H and O–H groups in total. The third-order valence-electron chi connectivity index (χ3n) is 4.24. The van der Waals surface area contributed by atoms with Gasteiger partial charge in [0.25, 0.3) is 5.91 Å². The van der Waals surface area contributed by atoms with Crippen LogP contribution in [0.2, 0.25) is 0 Å². The van der Waals surface area contributed by atoms with Gasteiger partial charge < -0.3 is 9.47 Å². The molecular formula is C25H21BrN2O4. The highest BCUT2D eigenvalue weighted by Gasteiger charge is 2.08. The maximum Gasteiger partial charge on any atom is 0.336 e. The van der Waals surface area contributed by atoms with Gasteiger partial charge in [0.15, 0.2) is 6.61 Å². The molecule has 0 aliphatic carbocycles. The number of aryl methyl sites for hydroxylation is 1. The van der Waals surface area contributed by atoms with Crippen molar-refractivity contribution in [1.82, 2.24) is 5.43 Å². The monoisotopic (exact) mass is 492 g/mol. The zero-order chi connectivity index (χ0) is 22.8. The summed E-state index contributed by atoms with van der Waals surface area (Å²) in [4.78, 5) is 24.2. The fourth-order valence-electron chi connectivity index (χ4n) is 2.65. The number of ether oxygens (including phenoxy) is 2. The fraction of sp³-hybridized carbons (Fsp3) is 0.0800.